The lowest BCUT2D eigenvalue weighted by Crippen LogP contribution is -2.43. The number of anilines is 2. The van der Waals surface area contributed by atoms with Gasteiger partial charge in [0, 0.05) is 62.1 Å². The van der Waals surface area contributed by atoms with Crippen LogP contribution in [-0.4, -0.2) is 66.4 Å². The van der Waals surface area contributed by atoms with Crippen molar-refractivity contribution in [2.75, 3.05) is 49.2 Å². The molecule has 3 atom stereocenters. The molecule has 5 heterocycles. The second-order valence-electron chi connectivity index (χ2n) is 7.34. The van der Waals surface area contributed by atoms with Gasteiger partial charge in [-0.15, -0.1) is 0 Å². The molecule has 3 aliphatic heterocycles. The van der Waals surface area contributed by atoms with E-state index in [0.29, 0.717) is 12.2 Å². The third kappa shape index (κ3) is 3.96. The predicted molar refractivity (Wildman–Crippen MR) is 110 cm³/mol. The summed E-state index contributed by atoms with van der Waals surface area (Å²) in [6, 6.07) is 4.22. The summed E-state index contributed by atoms with van der Waals surface area (Å²) in [6.45, 7) is 6.03. The zero-order valence-corrected chi connectivity index (χ0v) is 17.1. The summed E-state index contributed by atoms with van der Waals surface area (Å²) in [5.74, 6) is 1.07. The van der Waals surface area contributed by atoms with Crippen LogP contribution in [0, 0.1) is 0 Å². The van der Waals surface area contributed by atoms with Gasteiger partial charge in [-0.3, -0.25) is 4.68 Å². The first-order valence-electron chi connectivity index (χ1n) is 9.54. The number of ether oxygens (including phenoxy) is 2. The van der Waals surface area contributed by atoms with Crippen molar-refractivity contribution in [3.63, 3.8) is 0 Å². The first-order valence-corrected chi connectivity index (χ1v) is 9.54. The van der Waals surface area contributed by atoms with Gasteiger partial charge in [0.15, 0.2) is 0 Å². The van der Waals surface area contributed by atoms with Crippen LogP contribution in [-0.2, 0) is 16.0 Å². The molecule has 3 aliphatic rings. The normalized spacial score (nSPS) is 24.7. The summed E-state index contributed by atoms with van der Waals surface area (Å²) in [5.41, 5.74) is 2.46. The van der Waals surface area contributed by atoms with Crippen LogP contribution in [0.1, 0.15) is 18.4 Å². The number of nitrogens with zero attached hydrogens (tertiary/aromatic N) is 5. The fraction of sp³-hybridized carbons (Fsp3) is 0.579. The Hall–Kier alpha value is -1.69. The van der Waals surface area contributed by atoms with Crippen LogP contribution in [0.3, 0.4) is 0 Å². The Morgan fingerprint density at radius 3 is 2.56 bits per heavy atom. The molecule has 8 heteroatoms. The van der Waals surface area contributed by atoms with E-state index in [0.717, 1.165) is 51.8 Å². The number of hydrogen-bond donors (Lipinski definition) is 0. The van der Waals surface area contributed by atoms with E-state index >= 15 is 0 Å². The summed E-state index contributed by atoms with van der Waals surface area (Å²) in [7, 11) is 0. The SMILES string of the molecule is P.c1cnn(Cc2cnc(N3CC4CCC(C3)O4)cc2N2CCOCC2)c1. The molecule has 2 aromatic rings. The molecule has 2 aromatic heterocycles. The van der Waals surface area contributed by atoms with E-state index in [1.807, 2.05) is 29.3 Å². The average Bonchev–Trinajstić information content (AvgIpc) is 3.32. The van der Waals surface area contributed by atoms with Gasteiger partial charge in [-0.05, 0) is 18.9 Å². The fourth-order valence-electron chi connectivity index (χ4n) is 4.23. The predicted octanol–water partition coefficient (Wildman–Crippen LogP) is 1.59. The van der Waals surface area contributed by atoms with Gasteiger partial charge in [0.05, 0.1) is 32.0 Å². The maximum absolute atomic E-state index is 5.98. The quantitative estimate of drug-likeness (QED) is 0.741. The van der Waals surface area contributed by atoms with Crippen LogP contribution in [0.2, 0.25) is 0 Å². The van der Waals surface area contributed by atoms with Gasteiger partial charge in [0.1, 0.15) is 5.82 Å². The van der Waals surface area contributed by atoms with E-state index in [1.54, 1.807) is 0 Å². The Kier molecular flexibility index (Phi) is 5.62. The maximum atomic E-state index is 5.98. The molecular weight excluding hydrogens is 361 g/mol. The van der Waals surface area contributed by atoms with Gasteiger partial charge in [-0.2, -0.15) is 15.0 Å². The number of morpholine rings is 2. The minimum Gasteiger partial charge on any atom is -0.378 e. The second kappa shape index (κ2) is 8.13. The zero-order chi connectivity index (χ0) is 17.3. The standard InChI is InChI=1S/C19H25N5O2.H3P/c1-4-21-24(5-1)12-15-11-20-19(10-18(15)22-6-8-25-9-7-22)23-13-16-2-3-17(14-23)26-16;/h1,4-5,10-11,16-17H,2-3,6-9,12-14H2;1H3. The highest BCUT2D eigenvalue weighted by Crippen LogP contribution is 2.32. The highest BCUT2D eigenvalue weighted by atomic mass is 31.0. The van der Waals surface area contributed by atoms with Crippen molar-refractivity contribution in [2.45, 2.75) is 31.6 Å². The lowest BCUT2D eigenvalue weighted by Gasteiger charge is -2.35. The van der Waals surface area contributed by atoms with Crippen LogP contribution in [0.25, 0.3) is 0 Å². The third-order valence-electron chi connectivity index (χ3n) is 5.56. The largest absolute Gasteiger partial charge is 0.378 e. The molecule has 0 amide bonds. The van der Waals surface area contributed by atoms with Crippen molar-refractivity contribution < 1.29 is 9.47 Å². The van der Waals surface area contributed by atoms with E-state index < -0.39 is 0 Å². The number of pyridine rings is 1. The van der Waals surface area contributed by atoms with Crippen molar-refractivity contribution in [1.82, 2.24) is 14.8 Å². The number of fused-ring (bicyclic) bond motifs is 2. The molecule has 0 N–H and O–H groups in total. The molecule has 0 spiro atoms. The van der Waals surface area contributed by atoms with E-state index in [9.17, 15) is 0 Å². The highest BCUT2D eigenvalue weighted by Gasteiger charge is 2.34. The lowest BCUT2D eigenvalue weighted by molar-refractivity contribution is 0.0302. The second-order valence-corrected chi connectivity index (χ2v) is 7.34. The van der Waals surface area contributed by atoms with Crippen LogP contribution in [0.15, 0.2) is 30.7 Å². The minimum absolute atomic E-state index is 0. The summed E-state index contributed by atoms with van der Waals surface area (Å²) in [5, 5.41) is 4.36. The monoisotopic (exact) mass is 389 g/mol. The van der Waals surface area contributed by atoms with Gasteiger partial charge >= 0.3 is 0 Å². The first-order chi connectivity index (χ1) is 12.8. The van der Waals surface area contributed by atoms with Crippen molar-refractivity contribution in [2.24, 2.45) is 0 Å². The molecular formula is C19H28N5O2P. The molecule has 5 rings (SSSR count). The molecule has 7 nitrogen and oxygen atoms in total. The summed E-state index contributed by atoms with van der Waals surface area (Å²) >= 11 is 0. The van der Waals surface area contributed by atoms with Crippen LogP contribution < -0.4 is 9.80 Å². The van der Waals surface area contributed by atoms with Crippen LogP contribution >= 0.6 is 9.90 Å². The molecule has 3 saturated heterocycles. The van der Waals surface area contributed by atoms with Gasteiger partial charge < -0.3 is 19.3 Å². The molecule has 0 saturated carbocycles. The fourth-order valence-corrected chi connectivity index (χ4v) is 4.23. The molecule has 146 valence electrons. The summed E-state index contributed by atoms with van der Waals surface area (Å²) in [4.78, 5) is 9.62. The van der Waals surface area contributed by atoms with Crippen LogP contribution in [0.4, 0.5) is 11.5 Å². The van der Waals surface area contributed by atoms with Crippen molar-refractivity contribution in [3.05, 3.63) is 36.3 Å². The minimum atomic E-state index is 0. The van der Waals surface area contributed by atoms with Crippen molar-refractivity contribution in [1.29, 1.82) is 0 Å². The van der Waals surface area contributed by atoms with E-state index in [1.165, 1.54) is 24.1 Å². The summed E-state index contributed by atoms with van der Waals surface area (Å²) < 4.78 is 13.5. The molecule has 3 unspecified atom stereocenters. The smallest absolute Gasteiger partial charge is 0.130 e. The Morgan fingerprint density at radius 1 is 1.07 bits per heavy atom. The Balaban J connectivity index is 0.00000180. The Morgan fingerprint density at radius 2 is 1.85 bits per heavy atom. The van der Waals surface area contributed by atoms with Gasteiger partial charge in [-0.1, -0.05) is 0 Å². The molecule has 3 fully saturated rings. The molecule has 0 aliphatic carbocycles. The maximum Gasteiger partial charge on any atom is 0.130 e. The first kappa shape index (κ1) is 18.7. The van der Waals surface area contributed by atoms with Gasteiger partial charge in [-0.25, -0.2) is 4.98 Å². The van der Waals surface area contributed by atoms with Crippen LogP contribution in [0.5, 0.6) is 0 Å². The topological polar surface area (TPSA) is 55.7 Å². The number of hydrogen-bond acceptors (Lipinski definition) is 6. The van der Waals surface area contributed by atoms with E-state index in [-0.39, 0.29) is 9.90 Å². The average molecular weight is 389 g/mol. The number of rotatable bonds is 4. The highest BCUT2D eigenvalue weighted by molar-refractivity contribution is 6.92. The Labute approximate surface area is 163 Å². The van der Waals surface area contributed by atoms with Gasteiger partial charge in [0.25, 0.3) is 0 Å². The van der Waals surface area contributed by atoms with Crippen molar-refractivity contribution >= 4 is 21.4 Å². The molecule has 0 radical (unpaired) electrons. The molecule has 0 aromatic carbocycles. The van der Waals surface area contributed by atoms with E-state index in [2.05, 4.69) is 21.0 Å². The Bertz CT molecular complexity index is 739. The lowest BCUT2D eigenvalue weighted by atomic mass is 10.1. The third-order valence-corrected chi connectivity index (χ3v) is 5.56. The van der Waals surface area contributed by atoms with Crippen molar-refractivity contribution in [3.8, 4) is 0 Å². The van der Waals surface area contributed by atoms with Gasteiger partial charge in [0.2, 0.25) is 0 Å². The zero-order valence-electron chi connectivity index (χ0n) is 15.7. The van der Waals surface area contributed by atoms with E-state index in [4.69, 9.17) is 14.5 Å². The molecule has 2 bridgehead atoms. The summed E-state index contributed by atoms with van der Waals surface area (Å²) in [6.07, 6.45) is 8.93. The molecule has 27 heavy (non-hydrogen) atoms. The number of aromatic nitrogens is 3.